The molecule has 1 aliphatic rings. The zero-order valence-electron chi connectivity index (χ0n) is 12.6. The zero-order chi connectivity index (χ0) is 15.5. The Bertz CT molecular complexity index is 403. The van der Waals surface area contributed by atoms with Crippen LogP contribution in [-0.2, 0) is 14.3 Å². The molecule has 1 saturated heterocycles. The van der Waals surface area contributed by atoms with Crippen LogP contribution < -0.4 is 10.6 Å². The second-order valence-corrected chi connectivity index (χ2v) is 6.00. The Balaban J connectivity index is 2.34. The van der Waals surface area contributed by atoms with E-state index in [4.69, 9.17) is 4.74 Å². The van der Waals surface area contributed by atoms with Gasteiger partial charge in [0.1, 0.15) is 5.60 Å². The van der Waals surface area contributed by atoms with Crippen molar-refractivity contribution in [3.05, 3.63) is 0 Å². The van der Waals surface area contributed by atoms with Gasteiger partial charge in [-0.3, -0.25) is 14.5 Å². The fraction of sp³-hybridized carbons (Fsp3) is 0.769. The third-order valence-electron chi connectivity index (χ3n) is 2.82. The van der Waals surface area contributed by atoms with Crippen molar-refractivity contribution in [2.45, 2.75) is 51.8 Å². The molecule has 114 valence electrons. The summed E-state index contributed by atoms with van der Waals surface area (Å²) in [5.74, 6) is -0.432. The Kier molecular flexibility index (Phi) is 5.10. The molecule has 1 aliphatic heterocycles. The van der Waals surface area contributed by atoms with Crippen LogP contribution in [0.25, 0.3) is 0 Å². The smallest absolute Gasteiger partial charge is 0.407 e. The number of nitrogens with zero attached hydrogens (tertiary/aromatic N) is 1. The highest BCUT2D eigenvalue weighted by Crippen LogP contribution is 2.11. The maximum atomic E-state index is 11.7. The van der Waals surface area contributed by atoms with Gasteiger partial charge in [-0.1, -0.05) is 0 Å². The van der Waals surface area contributed by atoms with Crippen LogP contribution in [0.15, 0.2) is 0 Å². The molecule has 0 aromatic rings. The molecule has 1 fully saturated rings. The van der Waals surface area contributed by atoms with Crippen molar-refractivity contribution in [3.63, 3.8) is 0 Å². The van der Waals surface area contributed by atoms with Gasteiger partial charge < -0.3 is 15.4 Å². The first-order chi connectivity index (χ1) is 9.10. The number of carbonyl (C=O) groups is 3. The fourth-order valence-electron chi connectivity index (χ4n) is 1.84. The van der Waals surface area contributed by atoms with Gasteiger partial charge in [-0.15, -0.1) is 0 Å². The van der Waals surface area contributed by atoms with Gasteiger partial charge in [0.25, 0.3) is 0 Å². The minimum atomic E-state index is -0.544. The first-order valence-corrected chi connectivity index (χ1v) is 6.63. The molecule has 0 spiro atoms. The molecule has 20 heavy (non-hydrogen) atoms. The number of rotatable bonds is 4. The summed E-state index contributed by atoms with van der Waals surface area (Å²) in [4.78, 5) is 35.7. The lowest BCUT2D eigenvalue weighted by Gasteiger charge is -2.22. The summed E-state index contributed by atoms with van der Waals surface area (Å²) in [7, 11) is 1.47. The second kappa shape index (κ2) is 6.21. The molecule has 2 unspecified atom stereocenters. The molecule has 0 aliphatic carbocycles. The number of carbonyl (C=O) groups excluding carboxylic acids is 3. The second-order valence-electron chi connectivity index (χ2n) is 6.00. The van der Waals surface area contributed by atoms with Crippen LogP contribution in [0, 0.1) is 0 Å². The van der Waals surface area contributed by atoms with E-state index in [0.717, 1.165) is 4.90 Å². The van der Waals surface area contributed by atoms with Gasteiger partial charge in [0.2, 0.25) is 11.8 Å². The zero-order valence-corrected chi connectivity index (χ0v) is 12.6. The highest BCUT2D eigenvalue weighted by Gasteiger charge is 2.36. The molecular formula is C13H23N3O4. The number of alkyl carbamates (subject to hydrolysis) is 1. The Hall–Kier alpha value is -1.63. The van der Waals surface area contributed by atoms with Gasteiger partial charge >= 0.3 is 6.09 Å². The highest BCUT2D eigenvalue weighted by molar-refractivity contribution is 6.05. The lowest BCUT2D eigenvalue weighted by Crippen LogP contribution is -2.47. The number of amides is 3. The van der Waals surface area contributed by atoms with Gasteiger partial charge in [0.05, 0.1) is 12.5 Å². The number of likely N-dealkylation sites (tertiary alicyclic amines) is 1. The minimum absolute atomic E-state index is 0.143. The Morgan fingerprint density at radius 3 is 2.50 bits per heavy atom. The van der Waals surface area contributed by atoms with Crippen LogP contribution in [-0.4, -0.2) is 54.1 Å². The van der Waals surface area contributed by atoms with E-state index in [1.807, 2.05) is 6.92 Å². The van der Waals surface area contributed by atoms with E-state index in [-0.39, 0.29) is 24.3 Å². The minimum Gasteiger partial charge on any atom is -0.444 e. The third kappa shape index (κ3) is 4.80. The normalized spacial score (nSPS) is 21.1. The van der Waals surface area contributed by atoms with Crippen LogP contribution in [0.3, 0.4) is 0 Å². The van der Waals surface area contributed by atoms with Crippen LogP contribution in [0.1, 0.15) is 34.1 Å². The standard InChI is InChI=1S/C13H23N3O4/c1-8(7-14-12(19)20-13(2,3)4)15-9-6-10(17)16(5)11(9)18/h8-9,15H,6-7H2,1-5H3,(H,14,19). The van der Waals surface area contributed by atoms with Crippen molar-refractivity contribution in [2.24, 2.45) is 0 Å². The SMILES string of the molecule is CC(CNC(=O)OC(C)(C)C)NC1CC(=O)N(C)C1=O. The third-order valence-corrected chi connectivity index (χ3v) is 2.82. The molecule has 3 amide bonds. The molecule has 1 rings (SSSR count). The quantitative estimate of drug-likeness (QED) is 0.723. The number of nitrogens with one attached hydrogen (secondary N) is 2. The summed E-state index contributed by atoms with van der Waals surface area (Å²) in [5, 5.41) is 5.64. The van der Waals surface area contributed by atoms with Crippen LogP contribution in [0.5, 0.6) is 0 Å². The Morgan fingerprint density at radius 1 is 1.45 bits per heavy atom. The molecule has 2 N–H and O–H groups in total. The van der Waals surface area contributed by atoms with Gasteiger partial charge in [-0.2, -0.15) is 0 Å². The number of hydrogen-bond acceptors (Lipinski definition) is 5. The molecule has 0 aromatic carbocycles. The maximum absolute atomic E-state index is 11.7. The Labute approximate surface area is 119 Å². The van der Waals surface area contributed by atoms with Crippen molar-refractivity contribution < 1.29 is 19.1 Å². The first kappa shape index (κ1) is 16.4. The van der Waals surface area contributed by atoms with E-state index in [0.29, 0.717) is 6.54 Å². The van der Waals surface area contributed by atoms with Crippen molar-refractivity contribution in [3.8, 4) is 0 Å². The molecule has 7 heteroatoms. The summed E-state index contributed by atoms with van der Waals surface area (Å²) in [6, 6.07) is -0.654. The molecule has 0 radical (unpaired) electrons. The van der Waals surface area contributed by atoms with Crippen molar-refractivity contribution in [1.29, 1.82) is 0 Å². The first-order valence-electron chi connectivity index (χ1n) is 6.63. The van der Waals surface area contributed by atoms with E-state index in [2.05, 4.69) is 10.6 Å². The lowest BCUT2D eigenvalue weighted by molar-refractivity contribution is -0.137. The molecule has 0 bridgehead atoms. The van der Waals surface area contributed by atoms with Crippen LogP contribution >= 0.6 is 0 Å². The van der Waals surface area contributed by atoms with E-state index < -0.39 is 17.7 Å². The molecule has 2 atom stereocenters. The summed E-state index contributed by atoms with van der Waals surface area (Å²) >= 11 is 0. The van der Waals surface area contributed by atoms with Crippen molar-refractivity contribution in [2.75, 3.05) is 13.6 Å². The predicted molar refractivity (Wildman–Crippen MR) is 73.0 cm³/mol. The lowest BCUT2D eigenvalue weighted by atomic mass is 10.2. The predicted octanol–water partition coefficient (Wildman–Crippen LogP) is 0.247. The molecular weight excluding hydrogens is 262 g/mol. The van der Waals surface area contributed by atoms with Gasteiger partial charge in [0, 0.05) is 19.6 Å². The number of ether oxygens (including phenoxy) is 1. The van der Waals surface area contributed by atoms with Crippen LogP contribution in [0.4, 0.5) is 4.79 Å². The average molecular weight is 285 g/mol. The monoisotopic (exact) mass is 285 g/mol. The largest absolute Gasteiger partial charge is 0.444 e. The van der Waals surface area contributed by atoms with E-state index in [9.17, 15) is 14.4 Å². The van der Waals surface area contributed by atoms with E-state index in [1.165, 1.54) is 7.05 Å². The Morgan fingerprint density at radius 2 is 2.05 bits per heavy atom. The van der Waals surface area contributed by atoms with Gasteiger partial charge in [-0.05, 0) is 27.7 Å². The molecule has 0 saturated carbocycles. The number of likely N-dealkylation sites (N-methyl/N-ethyl adjacent to an activating group) is 1. The van der Waals surface area contributed by atoms with Crippen molar-refractivity contribution in [1.82, 2.24) is 15.5 Å². The summed E-state index contributed by atoms with van der Waals surface area (Å²) in [6.07, 6.45) is -0.344. The van der Waals surface area contributed by atoms with Crippen molar-refractivity contribution >= 4 is 17.9 Å². The number of hydrogen-bond donors (Lipinski definition) is 2. The van der Waals surface area contributed by atoms with Crippen LogP contribution in [0.2, 0.25) is 0 Å². The maximum Gasteiger partial charge on any atom is 0.407 e. The van der Waals surface area contributed by atoms with E-state index in [1.54, 1.807) is 20.8 Å². The molecule has 7 nitrogen and oxygen atoms in total. The van der Waals surface area contributed by atoms with Gasteiger partial charge in [-0.25, -0.2) is 4.79 Å². The topological polar surface area (TPSA) is 87.7 Å². The van der Waals surface area contributed by atoms with E-state index >= 15 is 0 Å². The average Bonchev–Trinajstić information content (AvgIpc) is 2.52. The summed E-state index contributed by atoms with van der Waals surface area (Å²) in [5.41, 5.74) is -0.544. The number of imide groups is 1. The molecule has 0 aromatic heterocycles. The molecule has 1 heterocycles. The fourth-order valence-corrected chi connectivity index (χ4v) is 1.84. The summed E-state index contributed by atoms with van der Waals surface area (Å²) < 4.78 is 5.11. The summed E-state index contributed by atoms with van der Waals surface area (Å²) in [6.45, 7) is 7.50. The highest BCUT2D eigenvalue weighted by atomic mass is 16.6. The van der Waals surface area contributed by atoms with Gasteiger partial charge in [0.15, 0.2) is 0 Å².